The van der Waals surface area contributed by atoms with Crippen molar-refractivity contribution in [3.63, 3.8) is 0 Å². The molecule has 1 heterocycles. The van der Waals surface area contributed by atoms with Crippen LogP contribution in [0.25, 0.3) is 0 Å². The zero-order valence-corrected chi connectivity index (χ0v) is 14.4. The Morgan fingerprint density at radius 1 is 1.19 bits per heavy atom. The topological polar surface area (TPSA) is 32.3 Å². The molecule has 0 aromatic carbocycles. The minimum atomic E-state index is 0.0714. The first kappa shape index (κ1) is 16.8. The zero-order valence-electron chi connectivity index (χ0n) is 14.4. The van der Waals surface area contributed by atoms with Crippen LogP contribution in [0.2, 0.25) is 0 Å². The predicted molar refractivity (Wildman–Crippen MR) is 88.0 cm³/mol. The fourth-order valence-electron chi connectivity index (χ4n) is 4.01. The predicted octanol–water partition coefficient (Wildman–Crippen LogP) is 3.93. The van der Waals surface area contributed by atoms with E-state index in [9.17, 15) is 4.79 Å². The summed E-state index contributed by atoms with van der Waals surface area (Å²) in [7, 11) is 0. The van der Waals surface area contributed by atoms with Crippen molar-refractivity contribution in [2.24, 2.45) is 11.8 Å². The van der Waals surface area contributed by atoms with Crippen LogP contribution in [0.15, 0.2) is 0 Å². The smallest absolute Gasteiger partial charge is 0.241 e. The minimum absolute atomic E-state index is 0.0714. The lowest BCUT2D eigenvalue weighted by Crippen LogP contribution is -2.47. The molecule has 3 atom stereocenters. The molecule has 2 rings (SSSR count). The van der Waals surface area contributed by atoms with Gasteiger partial charge in [0.05, 0.1) is 12.2 Å². The lowest BCUT2D eigenvalue weighted by molar-refractivity contribution is -0.133. The standard InChI is InChI=1S/C18H34N2O/c1-5-8-16-18(21)20(14(4)12-11-13(2)3)17(19-16)15-9-6-7-10-15/h13-17,19H,5-12H2,1-4H3. The molecule has 1 aliphatic carbocycles. The van der Waals surface area contributed by atoms with Gasteiger partial charge in [-0.2, -0.15) is 0 Å². The highest BCUT2D eigenvalue weighted by atomic mass is 16.2. The van der Waals surface area contributed by atoms with E-state index >= 15 is 0 Å². The monoisotopic (exact) mass is 294 g/mol. The van der Waals surface area contributed by atoms with Gasteiger partial charge >= 0.3 is 0 Å². The van der Waals surface area contributed by atoms with Crippen LogP contribution in [0.4, 0.5) is 0 Å². The number of carbonyl (C=O) groups excluding carboxylic acids is 1. The van der Waals surface area contributed by atoms with Crippen LogP contribution >= 0.6 is 0 Å². The summed E-state index contributed by atoms with van der Waals surface area (Å²) in [6.07, 6.45) is 9.96. The molecule has 1 amide bonds. The molecule has 0 bridgehead atoms. The van der Waals surface area contributed by atoms with Gasteiger partial charge in [-0.15, -0.1) is 0 Å². The maximum atomic E-state index is 12.8. The van der Waals surface area contributed by atoms with Gasteiger partial charge in [-0.1, -0.05) is 40.0 Å². The summed E-state index contributed by atoms with van der Waals surface area (Å²) in [5, 5.41) is 3.68. The van der Waals surface area contributed by atoms with Crippen molar-refractivity contribution in [2.75, 3.05) is 0 Å². The molecule has 1 aliphatic heterocycles. The molecular weight excluding hydrogens is 260 g/mol. The fraction of sp³-hybridized carbons (Fsp3) is 0.944. The third-order valence-electron chi connectivity index (χ3n) is 5.28. The minimum Gasteiger partial charge on any atom is -0.323 e. The maximum Gasteiger partial charge on any atom is 0.241 e. The molecule has 0 aromatic rings. The van der Waals surface area contributed by atoms with Crippen molar-refractivity contribution in [3.05, 3.63) is 0 Å². The number of nitrogens with zero attached hydrogens (tertiary/aromatic N) is 1. The highest BCUT2D eigenvalue weighted by Gasteiger charge is 2.44. The maximum absolute atomic E-state index is 12.8. The second-order valence-corrected chi connectivity index (χ2v) is 7.56. The van der Waals surface area contributed by atoms with Gasteiger partial charge in [-0.05, 0) is 50.9 Å². The largest absolute Gasteiger partial charge is 0.323 e. The lowest BCUT2D eigenvalue weighted by atomic mass is 9.99. The van der Waals surface area contributed by atoms with Crippen LogP contribution in [-0.4, -0.2) is 29.1 Å². The van der Waals surface area contributed by atoms with E-state index in [0.29, 0.717) is 24.0 Å². The Kier molecular flexibility index (Phi) is 6.09. The van der Waals surface area contributed by atoms with Gasteiger partial charge in [0.25, 0.3) is 0 Å². The Labute approximate surface area is 130 Å². The molecule has 0 spiro atoms. The highest BCUT2D eigenvalue weighted by Crippen LogP contribution is 2.34. The van der Waals surface area contributed by atoms with E-state index in [1.807, 2.05) is 0 Å². The first-order chi connectivity index (χ1) is 10.0. The summed E-state index contributed by atoms with van der Waals surface area (Å²) in [5.41, 5.74) is 0. The summed E-state index contributed by atoms with van der Waals surface area (Å²) in [6, 6.07) is 0.446. The van der Waals surface area contributed by atoms with Gasteiger partial charge in [0.15, 0.2) is 0 Å². The van der Waals surface area contributed by atoms with E-state index in [4.69, 9.17) is 0 Å². The Morgan fingerprint density at radius 2 is 1.86 bits per heavy atom. The average molecular weight is 294 g/mol. The number of hydrogen-bond donors (Lipinski definition) is 1. The Hall–Kier alpha value is -0.570. The molecular formula is C18H34N2O. The number of carbonyl (C=O) groups is 1. The summed E-state index contributed by atoms with van der Waals surface area (Å²) in [5.74, 6) is 1.76. The average Bonchev–Trinajstić information content (AvgIpc) is 3.05. The van der Waals surface area contributed by atoms with Crippen LogP contribution in [0, 0.1) is 11.8 Å². The molecule has 122 valence electrons. The normalized spacial score (nSPS) is 28.8. The summed E-state index contributed by atoms with van der Waals surface area (Å²) in [4.78, 5) is 15.0. The van der Waals surface area contributed by atoms with Crippen molar-refractivity contribution in [1.29, 1.82) is 0 Å². The van der Waals surface area contributed by atoms with Crippen molar-refractivity contribution in [1.82, 2.24) is 10.2 Å². The summed E-state index contributed by atoms with van der Waals surface area (Å²) < 4.78 is 0. The highest BCUT2D eigenvalue weighted by molar-refractivity contribution is 5.84. The van der Waals surface area contributed by atoms with Crippen LogP contribution < -0.4 is 5.32 Å². The Balaban J connectivity index is 2.06. The number of nitrogens with one attached hydrogen (secondary N) is 1. The van der Waals surface area contributed by atoms with Gasteiger partial charge in [-0.3, -0.25) is 10.1 Å². The quantitative estimate of drug-likeness (QED) is 0.771. The van der Waals surface area contributed by atoms with E-state index in [1.54, 1.807) is 0 Å². The molecule has 2 aliphatic rings. The lowest BCUT2D eigenvalue weighted by Gasteiger charge is -2.34. The second kappa shape index (κ2) is 7.62. The van der Waals surface area contributed by atoms with E-state index < -0.39 is 0 Å². The summed E-state index contributed by atoms with van der Waals surface area (Å²) >= 11 is 0. The van der Waals surface area contributed by atoms with Gasteiger partial charge in [0.2, 0.25) is 5.91 Å². The zero-order chi connectivity index (χ0) is 15.4. The van der Waals surface area contributed by atoms with E-state index in [1.165, 1.54) is 32.1 Å². The molecule has 0 radical (unpaired) electrons. The molecule has 3 unspecified atom stereocenters. The SMILES string of the molecule is CCCC1NC(C2CCCC2)N(C(C)CCC(C)C)C1=O. The summed E-state index contributed by atoms with van der Waals surface area (Å²) in [6.45, 7) is 8.96. The van der Waals surface area contributed by atoms with E-state index in [2.05, 4.69) is 37.9 Å². The van der Waals surface area contributed by atoms with Crippen molar-refractivity contribution < 1.29 is 4.79 Å². The van der Waals surface area contributed by atoms with Gasteiger partial charge < -0.3 is 4.90 Å². The first-order valence-electron chi connectivity index (χ1n) is 9.12. The third kappa shape index (κ3) is 4.00. The molecule has 3 nitrogen and oxygen atoms in total. The Morgan fingerprint density at radius 3 is 2.43 bits per heavy atom. The molecule has 21 heavy (non-hydrogen) atoms. The van der Waals surface area contributed by atoms with Gasteiger partial charge in [-0.25, -0.2) is 0 Å². The van der Waals surface area contributed by atoms with Crippen LogP contribution in [0.1, 0.15) is 79.1 Å². The van der Waals surface area contributed by atoms with Crippen molar-refractivity contribution >= 4 is 5.91 Å². The molecule has 1 N–H and O–H groups in total. The van der Waals surface area contributed by atoms with Crippen LogP contribution in [-0.2, 0) is 4.79 Å². The third-order valence-corrected chi connectivity index (χ3v) is 5.28. The van der Waals surface area contributed by atoms with Gasteiger partial charge in [0, 0.05) is 6.04 Å². The number of rotatable bonds is 7. The van der Waals surface area contributed by atoms with Crippen LogP contribution in [0.3, 0.4) is 0 Å². The number of amides is 1. The molecule has 1 saturated carbocycles. The van der Waals surface area contributed by atoms with E-state index in [-0.39, 0.29) is 6.04 Å². The first-order valence-corrected chi connectivity index (χ1v) is 9.12. The molecule has 2 fully saturated rings. The molecule has 1 saturated heterocycles. The molecule has 3 heteroatoms. The van der Waals surface area contributed by atoms with Crippen molar-refractivity contribution in [2.45, 2.75) is 97.3 Å². The second-order valence-electron chi connectivity index (χ2n) is 7.56. The van der Waals surface area contributed by atoms with Crippen molar-refractivity contribution in [3.8, 4) is 0 Å². The molecule has 0 aromatic heterocycles. The Bertz CT molecular complexity index is 336. The fourth-order valence-corrected chi connectivity index (χ4v) is 4.01. The van der Waals surface area contributed by atoms with E-state index in [0.717, 1.165) is 25.2 Å². The van der Waals surface area contributed by atoms with Crippen LogP contribution in [0.5, 0.6) is 0 Å². The number of hydrogen-bond acceptors (Lipinski definition) is 2. The van der Waals surface area contributed by atoms with Gasteiger partial charge in [0.1, 0.15) is 0 Å².